The van der Waals surface area contributed by atoms with Crippen molar-refractivity contribution in [1.29, 1.82) is 0 Å². The Morgan fingerprint density at radius 2 is 1.73 bits per heavy atom. The molecule has 4 nitrogen and oxygen atoms in total. The van der Waals surface area contributed by atoms with Gasteiger partial charge in [0.1, 0.15) is 6.10 Å². The molecule has 0 heterocycles. The van der Waals surface area contributed by atoms with Gasteiger partial charge in [0.05, 0.1) is 16.8 Å². The molecule has 1 fully saturated rings. The summed E-state index contributed by atoms with van der Waals surface area (Å²) in [7, 11) is 0. The molecule has 0 saturated heterocycles. The number of rotatable bonds is 7. The minimum Gasteiger partial charge on any atom is -0.459 e. The predicted octanol–water partition coefficient (Wildman–Crippen LogP) is 3.48. The summed E-state index contributed by atoms with van der Waals surface area (Å²) >= 11 is 0. The summed E-state index contributed by atoms with van der Waals surface area (Å²) in [5, 5.41) is 10.3. The first kappa shape index (κ1) is 19.2. The van der Waals surface area contributed by atoms with E-state index in [9.17, 15) is 9.90 Å². The molecule has 0 aromatic heterocycles. The van der Waals surface area contributed by atoms with E-state index in [1.54, 1.807) is 20.8 Å². The number of carbonyl (C=O) groups excluding carboxylic acids is 1. The average Bonchev–Trinajstić information content (AvgIpc) is 3.05. The average molecular weight is 312 g/mol. The Labute approximate surface area is 134 Å². The van der Waals surface area contributed by atoms with E-state index in [4.69, 9.17) is 9.47 Å². The van der Waals surface area contributed by atoms with Gasteiger partial charge in [-0.05, 0) is 67.7 Å². The number of hydrogen-bond acceptors (Lipinski definition) is 4. The van der Waals surface area contributed by atoms with Crippen molar-refractivity contribution in [2.24, 2.45) is 11.8 Å². The van der Waals surface area contributed by atoms with Crippen LogP contribution >= 0.6 is 0 Å². The molecule has 0 bridgehead atoms. The molecule has 1 aliphatic rings. The lowest BCUT2D eigenvalue weighted by atomic mass is 9.87. The lowest BCUT2D eigenvalue weighted by molar-refractivity contribution is -0.211. The standard InChI is InChI=1S/C18H32O4/c1-11(2)15(19)21-12(3)13-10-14(13)16(4,5)22-18(8,9)17(6,7)20/h12-14,20H,1,10H2,2-9H3. The van der Waals surface area contributed by atoms with Crippen molar-refractivity contribution in [3.63, 3.8) is 0 Å². The van der Waals surface area contributed by atoms with Crippen LogP contribution in [0.4, 0.5) is 0 Å². The molecule has 1 N–H and O–H groups in total. The first-order valence-corrected chi connectivity index (χ1v) is 7.98. The highest BCUT2D eigenvalue weighted by Crippen LogP contribution is 2.52. The van der Waals surface area contributed by atoms with Crippen LogP contribution < -0.4 is 0 Å². The molecule has 0 radical (unpaired) electrons. The van der Waals surface area contributed by atoms with Gasteiger partial charge in [0.25, 0.3) is 0 Å². The molecule has 0 amide bonds. The van der Waals surface area contributed by atoms with Gasteiger partial charge in [-0.25, -0.2) is 4.79 Å². The van der Waals surface area contributed by atoms with Crippen LogP contribution in [-0.4, -0.2) is 34.0 Å². The lowest BCUT2D eigenvalue weighted by Gasteiger charge is -2.43. The van der Waals surface area contributed by atoms with Gasteiger partial charge in [0.2, 0.25) is 0 Å². The van der Waals surface area contributed by atoms with Crippen LogP contribution in [0.15, 0.2) is 12.2 Å². The Morgan fingerprint density at radius 1 is 1.23 bits per heavy atom. The minimum atomic E-state index is -0.938. The third-order valence-corrected chi connectivity index (χ3v) is 4.97. The van der Waals surface area contributed by atoms with Crippen LogP contribution in [0.3, 0.4) is 0 Å². The summed E-state index contributed by atoms with van der Waals surface area (Å²) in [4.78, 5) is 11.6. The molecule has 22 heavy (non-hydrogen) atoms. The van der Waals surface area contributed by atoms with Gasteiger partial charge in [-0.15, -0.1) is 0 Å². The zero-order valence-electron chi connectivity index (χ0n) is 15.3. The van der Waals surface area contributed by atoms with Crippen molar-refractivity contribution in [2.75, 3.05) is 0 Å². The van der Waals surface area contributed by atoms with E-state index in [0.717, 1.165) is 6.42 Å². The molecule has 4 heteroatoms. The molecule has 128 valence electrons. The molecule has 1 saturated carbocycles. The molecule has 0 aromatic rings. The molecular weight excluding hydrogens is 280 g/mol. The summed E-state index contributed by atoms with van der Waals surface area (Å²) in [5.41, 5.74) is -1.57. The number of aliphatic hydroxyl groups is 1. The fourth-order valence-electron chi connectivity index (χ4n) is 2.75. The maximum atomic E-state index is 11.6. The minimum absolute atomic E-state index is 0.151. The number of carbonyl (C=O) groups is 1. The van der Waals surface area contributed by atoms with Gasteiger partial charge < -0.3 is 14.6 Å². The van der Waals surface area contributed by atoms with Crippen molar-refractivity contribution < 1.29 is 19.4 Å². The SMILES string of the molecule is C=C(C)C(=O)OC(C)C1CC1C(C)(C)OC(C)(C)C(C)(C)O. The van der Waals surface area contributed by atoms with Crippen molar-refractivity contribution in [3.05, 3.63) is 12.2 Å². The van der Waals surface area contributed by atoms with Crippen LogP contribution in [0, 0.1) is 11.8 Å². The van der Waals surface area contributed by atoms with E-state index in [0.29, 0.717) is 11.5 Å². The predicted molar refractivity (Wildman–Crippen MR) is 87.5 cm³/mol. The van der Waals surface area contributed by atoms with Crippen LogP contribution in [0.2, 0.25) is 0 Å². The quantitative estimate of drug-likeness (QED) is 0.577. The molecule has 1 rings (SSSR count). The number of ether oxygens (including phenoxy) is 2. The molecule has 3 atom stereocenters. The largest absolute Gasteiger partial charge is 0.459 e. The van der Waals surface area contributed by atoms with Gasteiger partial charge in [0.15, 0.2) is 0 Å². The molecule has 0 aliphatic heterocycles. The third kappa shape index (κ3) is 4.32. The second-order valence-corrected chi connectivity index (χ2v) is 8.17. The number of esters is 1. The van der Waals surface area contributed by atoms with E-state index in [1.807, 2.05) is 34.6 Å². The highest BCUT2D eigenvalue weighted by molar-refractivity contribution is 5.87. The van der Waals surface area contributed by atoms with Gasteiger partial charge in [-0.1, -0.05) is 6.58 Å². The zero-order chi connectivity index (χ0) is 17.5. The van der Waals surface area contributed by atoms with E-state index in [2.05, 4.69) is 6.58 Å². The van der Waals surface area contributed by atoms with Crippen LogP contribution in [0.1, 0.15) is 61.8 Å². The Morgan fingerprint density at radius 3 is 2.14 bits per heavy atom. The Kier molecular flexibility index (Phi) is 5.20. The van der Waals surface area contributed by atoms with Gasteiger partial charge >= 0.3 is 5.97 Å². The highest BCUT2D eigenvalue weighted by atomic mass is 16.5. The summed E-state index contributed by atoms with van der Waals surface area (Å²) in [6.45, 7) is 18.6. The third-order valence-electron chi connectivity index (χ3n) is 4.97. The normalized spacial score (nSPS) is 23.9. The van der Waals surface area contributed by atoms with Crippen molar-refractivity contribution in [2.45, 2.75) is 84.7 Å². The van der Waals surface area contributed by atoms with Crippen molar-refractivity contribution in [1.82, 2.24) is 0 Å². The topological polar surface area (TPSA) is 55.8 Å². The van der Waals surface area contributed by atoms with Crippen LogP contribution in [0.25, 0.3) is 0 Å². The molecule has 0 spiro atoms. The first-order valence-electron chi connectivity index (χ1n) is 7.98. The van der Waals surface area contributed by atoms with E-state index < -0.39 is 16.8 Å². The maximum Gasteiger partial charge on any atom is 0.333 e. The molecule has 1 aliphatic carbocycles. The first-order chi connectivity index (χ1) is 9.69. The monoisotopic (exact) mass is 312 g/mol. The van der Waals surface area contributed by atoms with E-state index in [1.165, 1.54) is 0 Å². The van der Waals surface area contributed by atoms with Crippen molar-refractivity contribution >= 4 is 5.97 Å². The lowest BCUT2D eigenvalue weighted by Crippen LogP contribution is -2.52. The van der Waals surface area contributed by atoms with Gasteiger partial charge in [0, 0.05) is 11.5 Å². The van der Waals surface area contributed by atoms with Gasteiger partial charge in [-0.3, -0.25) is 0 Å². The van der Waals surface area contributed by atoms with Crippen LogP contribution in [-0.2, 0) is 14.3 Å². The van der Waals surface area contributed by atoms with E-state index >= 15 is 0 Å². The number of hydrogen-bond donors (Lipinski definition) is 1. The second kappa shape index (κ2) is 5.97. The Balaban J connectivity index is 2.67. The molecular formula is C18H32O4. The molecule has 3 unspecified atom stereocenters. The molecule has 0 aromatic carbocycles. The fourth-order valence-corrected chi connectivity index (χ4v) is 2.75. The zero-order valence-corrected chi connectivity index (χ0v) is 15.3. The summed E-state index contributed by atoms with van der Waals surface area (Å²) in [5.74, 6) is 0.256. The highest BCUT2D eigenvalue weighted by Gasteiger charge is 2.54. The van der Waals surface area contributed by atoms with Gasteiger partial charge in [-0.2, -0.15) is 0 Å². The summed E-state index contributed by atoms with van der Waals surface area (Å²) in [6, 6.07) is 0. The summed E-state index contributed by atoms with van der Waals surface area (Å²) < 4.78 is 11.7. The van der Waals surface area contributed by atoms with Crippen molar-refractivity contribution in [3.8, 4) is 0 Å². The summed E-state index contributed by atoms with van der Waals surface area (Å²) in [6.07, 6.45) is 0.807. The smallest absolute Gasteiger partial charge is 0.333 e. The Bertz CT molecular complexity index is 442. The maximum absolute atomic E-state index is 11.6. The van der Waals surface area contributed by atoms with E-state index in [-0.39, 0.29) is 18.0 Å². The fraction of sp³-hybridized carbons (Fsp3) is 0.833. The van der Waals surface area contributed by atoms with Crippen LogP contribution in [0.5, 0.6) is 0 Å². The Hall–Kier alpha value is -0.870. The second-order valence-electron chi connectivity index (χ2n) is 8.17.